The molecule has 2 aliphatic rings. The van der Waals surface area contributed by atoms with Crippen molar-refractivity contribution in [3.63, 3.8) is 0 Å². The molecule has 104 valence electrons. The Morgan fingerprint density at radius 1 is 1.28 bits per heavy atom. The number of nitrogens with one attached hydrogen (secondary N) is 1. The van der Waals surface area contributed by atoms with Crippen molar-refractivity contribution in [1.82, 2.24) is 10.2 Å². The van der Waals surface area contributed by atoms with Gasteiger partial charge in [-0.1, -0.05) is 25.7 Å². The summed E-state index contributed by atoms with van der Waals surface area (Å²) >= 11 is 0. The molecular formula is C14H26N2O2. The molecular weight excluding hydrogens is 228 g/mol. The van der Waals surface area contributed by atoms with Gasteiger partial charge in [0.2, 0.25) is 5.91 Å². The molecule has 1 amide bonds. The zero-order valence-corrected chi connectivity index (χ0v) is 11.5. The maximum atomic E-state index is 11.6. The molecule has 1 saturated carbocycles. The van der Waals surface area contributed by atoms with Crippen molar-refractivity contribution >= 4 is 5.91 Å². The fourth-order valence-corrected chi connectivity index (χ4v) is 3.10. The summed E-state index contributed by atoms with van der Waals surface area (Å²) in [6.45, 7) is 3.57. The summed E-state index contributed by atoms with van der Waals surface area (Å²) in [5, 5.41) is 2.68. The molecule has 2 fully saturated rings. The Morgan fingerprint density at radius 2 is 2.00 bits per heavy atom. The van der Waals surface area contributed by atoms with Crippen molar-refractivity contribution in [2.24, 2.45) is 5.92 Å². The quantitative estimate of drug-likeness (QED) is 0.774. The van der Waals surface area contributed by atoms with Gasteiger partial charge in [0.15, 0.2) is 0 Å². The molecule has 0 aromatic carbocycles. The molecule has 0 bridgehead atoms. The molecule has 0 aromatic rings. The fourth-order valence-electron chi connectivity index (χ4n) is 3.10. The summed E-state index contributed by atoms with van der Waals surface area (Å²) in [6.07, 6.45) is 8.03. The predicted octanol–water partition coefficient (Wildman–Crippen LogP) is 1.40. The van der Waals surface area contributed by atoms with Gasteiger partial charge in [-0.05, 0) is 18.8 Å². The van der Waals surface area contributed by atoms with Gasteiger partial charge < -0.3 is 10.1 Å². The van der Waals surface area contributed by atoms with E-state index in [1.807, 2.05) is 0 Å². The first-order chi connectivity index (χ1) is 8.79. The van der Waals surface area contributed by atoms with E-state index in [0.29, 0.717) is 6.61 Å². The lowest BCUT2D eigenvalue weighted by Gasteiger charge is -2.34. The molecule has 0 unspecified atom stereocenters. The number of hydrogen-bond donors (Lipinski definition) is 1. The Hall–Kier alpha value is -0.610. The predicted molar refractivity (Wildman–Crippen MR) is 71.4 cm³/mol. The Morgan fingerprint density at radius 3 is 2.67 bits per heavy atom. The highest BCUT2D eigenvalue weighted by atomic mass is 16.5. The van der Waals surface area contributed by atoms with Crippen LogP contribution in [0.5, 0.6) is 0 Å². The van der Waals surface area contributed by atoms with E-state index in [4.69, 9.17) is 4.74 Å². The molecule has 0 radical (unpaired) electrons. The third kappa shape index (κ3) is 3.95. The molecule has 1 aliphatic carbocycles. The standard InChI is InChI=1S/C14H26N2O2/c1-15-14(17)13-11-16(8-9-18-13)10-12-6-4-2-3-5-7-12/h12-13H,2-11H2,1H3,(H,15,17)/t13-/m1/s1. The molecule has 18 heavy (non-hydrogen) atoms. The number of carbonyl (C=O) groups excluding carboxylic acids is 1. The van der Waals surface area contributed by atoms with Gasteiger partial charge in [-0.25, -0.2) is 0 Å². The highest BCUT2D eigenvalue weighted by molar-refractivity contribution is 5.80. The Bertz CT molecular complexity index is 263. The molecule has 4 heteroatoms. The minimum atomic E-state index is -0.269. The molecule has 2 rings (SSSR count). The molecule has 1 saturated heterocycles. The van der Waals surface area contributed by atoms with Gasteiger partial charge in [0.05, 0.1) is 6.61 Å². The highest BCUT2D eigenvalue weighted by Crippen LogP contribution is 2.24. The number of likely N-dealkylation sites (N-methyl/N-ethyl adjacent to an activating group) is 1. The Kier molecular flexibility index (Phi) is 5.45. The van der Waals surface area contributed by atoms with E-state index in [9.17, 15) is 4.79 Å². The summed E-state index contributed by atoms with van der Waals surface area (Å²) in [5.41, 5.74) is 0. The zero-order valence-electron chi connectivity index (χ0n) is 11.5. The zero-order chi connectivity index (χ0) is 12.8. The number of morpholine rings is 1. The van der Waals surface area contributed by atoms with Crippen LogP contribution in [0.1, 0.15) is 38.5 Å². The van der Waals surface area contributed by atoms with Gasteiger partial charge in [0.25, 0.3) is 0 Å². The first-order valence-electron chi connectivity index (χ1n) is 7.35. The van der Waals surface area contributed by atoms with Gasteiger partial charge in [0, 0.05) is 26.7 Å². The van der Waals surface area contributed by atoms with Crippen LogP contribution in [-0.2, 0) is 9.53 Å². The summed E-state index contributed by atoms with van der Waals surface area (Å²) in [5.74, 6) is 0.844. The normalized spacial score (nSPS) is 27.7. The summed E-state index contributed by atoms with van der Waals surface area (Å²) in [6, 6.07) is 0. The number of carbonyl (C=O) groups is 1. The second kappa shape index (κ2) is 7.10. The number of rotatable bonds is 3. The van der Waals surface area contributed by atoms with Crippen molar-refractivity contribution in [2.45, 2.75) is 44.6 Å². The summed E-state index contributed by atoms with van der Waals surface area (Å²) in [7, 11) is 1.68. The van der Waals surface area contributed by atoms with Crippen LogP contribution in [0.4, 0.5) is 0 Å². The second-order valence-electron chi connectivity index (χ2n) is 5.59. The van der Waals surface area contributed by atoms with Crippen LogP contribution >= 0.6 is 0 Å². The van der Waals surface area contributed by atoms with E-state index >= 15 is 0 Å². The maximum Gasteiger partial charge on any atom is 0.250 e. The monoisotopic (exact) mass is 254 g/mol. The topological polar surface area (TPSA) is 41.6 Å². The summed E-state index contributed by atoms with van der Waals surface area (Å²) in [4.78, 5) is 14.0. The van der Waals surface area contributed by atoms with Crippen molar-refractivity contribution in [1.29, 1.82) is 0 Å². The van der Waals surface area contributed by atoms with E-state index in [-0.39, 0.29) is 12.0 Å². The lowest BCUT2D eigenvalue weighted by atomic mass is 9.99. The van der Waals surface area contributed by atoms with Crippen LogP contribution in [0.25, 0.3) is 0 Å². The SMILES string of the molecule is CNC(=O)[C@H]1CN(CC2CCCCCC2)CCO1. The van der Waals surface area contributed by atoms with Gasteiger partial charge >= 0.3 is 0 Å². The fraction of sp³-hybridized carbons (Fsp3) is 0.929. The molecule has 4 nitrogen and oxygen atoms in total. The number of ether oxygens (including phenoxy) is 1. The molecule has 0 aromatic heterocycles. The molecule has 1 heterocycles. The first kappa shape index (κ1) is 13.8. The lowest BCUT2D eigenvalue weighted by Crippen LogP contribution is -2.50. The van der Waals surface area contributed by atoms with Gasteiger partial charge in [-0.2, -0.15) is 0 Å². The van der Waals surface area contributed by atoms with Gasteiger partial charge in [0.1, 0.15) is 6.10 Å². The van der Waals surface area contributed by atoms with Crippen LogP contribution in [0, 0.1) is 5.92 Å². The smallest absolute Gasteiger partial charge is 0.250 e. The largest absolute Gasteiger partial charge is 0.366 e. The summed E-state index contributed by atoms with van der Waals surface area (Å²) < 4.78 is 5.52. The number of amides is 1. The van der Waals surface area contributed by atoms with E-state index in [2.05, 4.69) is 10.2 Å². The van der Waals surface area contributed by atoms with E-state index in [0.717, 1.165) is 25.6 Å². The van der Waals surface area contributed by atoms with Crippen LogP contribution in [-0.4, -0.2) is 50.2 Å². The Labute approximate surface area is 110 Å². The van der Waals surface area contributed by atoms with Crippen LogP contribution in [0.2, 0.25) is 0 Å². The molecule has 1 N–H and O–H groups in total. The van der Waals surface area contributed by atoms with Crippen molar-refractivity contribution < 1.29 is 9.53 Å². The third-order valence-corrected chi connectivity index (χ3v) is 4.18. The van der Waals surface area contributed by atoms with E-state index in [1.54, 1.807) is 7.05 Å². The molecule has 0 spiro atoms. The third-order valence-electron chi connectivity index (χ3n) is 4.18. The average Bonchev–Trinajstić information content (AvgIpc) is 2.67. The van der Waals surface area contributed by atoms with Crippen LogP contribution in [0.3, 0.4) is 0 Å². The van der Waals surface area contributed by atoms with Crippen molar-refractivity contribution in [3.05, 3.63) is 0 Å². The lowest BCUT2D eigenvalue weighted by molar-refractivity contribution is -0.138. The van der Waals surface area contributed by atoms with E-state index in [1.165, 1.54) is 38.5 Å². The molecule has 1 atom stereocenters. The van der Waals surface area contributed by atoms with Crippen molar-refractivity contribution in [2.75, 3.05) is 33.3 Å². The van der Waals surface area contributed by atoms with Gasteiger partial charge in [-0.15, -0.1) is 0 Å². The van der Waals surface area contributed by atoms with Gasteiger partial charge in [-0.3, -0.25) is 9.69 Å². The number of hydrogen-bond acceptors (Lipinski definition) is 3. The average molecular weight is 254 g/mol. The second-order valence-corrected chi connectivity index (χ2v) is 5.59. The minimum absolute atomic E-state index is 0.0144. The minimum Gasteiger partial charge on any atom is -0.366 e. The number of nitrogens with zero attached hydrogens (tertiary/aromatic N) is 1. The van der Waals surface area contributed by atoms with E-state index < -0.39 is 0 Å². The highest BCUT2D eigenvalue weighted by Gasteiger charge is 2.27. The Balaban J connectivity index is 1.79. The molecule has 1 aliphatic heterocycles. The van der Waals surface area contributed by atoms with Crippen LogP contribution < -0.4 is 5.32 Å². The van der Waals surface area contributed by atoms with Crippen molar-refractivity contribution in [3.8, 4) is 0 Å². The van der Waals surface area contributed by atoms with Crippen LogP contribution in [0.15, 0.2) is 0 Å². The maximum absolute atomic E-state index is 11.6. The first-order valence-corrected chi connectivity index (χ1v) is 7.35.